The number of benzene rings is 2. The molecule has 0 spiro atoms. The van der Waals surface area contributed by atoms with Gasteiger partial charge in [0.2, 0.25) is 0 Å². The van der Waals surface area contributed by atoms with Gasteiger partial charge in [-0.15, -0.1) is 9.24 Å². The van der Waals surface area contributed by atoms with Gasteiger partial charge in [0, 0.05) is 55.9 Å². The van der Waals surface area contributed by atoms with Gasteiger partial charge in [-0.05, 0) is 73.5 Å². The van der Waals surface area contributed by atoms with Gasteiger partial charge in [0.15, 0.2) is 5.65 Å². The van der Waals surface area contributed by atoms with E-state index in [0.717, 1.165) is 23.0 Å². The summed E-state index contributed by atoms with van der Waals surface area (Å²) in [6.45, 7) is 7.05. The van der Waals surface area contributed by atoms with E-state index in [1.165, 1.54) is 12.1 Å². The molecule has 2 aromatic carbocycles. The molecule has 4 heterocycles. The number of alkyl halides is 3. The minimum atomic E-state index is -4.58. The molecule has 1 atom stereocenters. The van der Waals surface area contributed by atoms with Crippen LogP contribution in [-0.4, -0.2) is 55.3 Å². The minimum Gasteiger partial charge on any atom is -0.373 e. The van der Waals surface area contributed by atoms with Crippen molar-refractivity contribution in [2.24, 2.45) is 7.05 Å². The number of aryl methyl sites for hydroxylation is 2. The number of aromatic nitrogens is 4. The maximum Gasteiger partial charge on any atom is 0.416 e. The van der Waals surface area contributed by atoms with Crippen LogP contribution in [0.4, 0.5) is 30.2 Å². The van der Waals surface area contributed by atoms with Crippen molar-refractivity contribution in [2.75, 3.05) is 23.7 Å². The quantitative estimate of drug-likeness (QED) is 0.158. The standard InChI is InChI=1S/C35H35F3N7O2P/c1-21(2)47-28-19-44(20-28)17-24-7-9-25(14-30(24)35(36,37)38)42-34(46)29-13-23(22(3)12-32(29)48)8-10-27-16-39-33-31(6-5-11-45(27)33)41-26-15-40-43(4)18-26/h5-7,9,11-16,18,21,28,41H,17,19-20,48H2,1-4H3,(H,42,46). The van der Waals surface area contributed by atoms with Crippen molar-refractivity contribution in [3.05, 3.63) is 101 Å². The fourth-order valence-electron chi connectivity index (χ4n) is 5.65. The molecule has 1 saturated heterocycles. The normalized spacial score (nSPS) is 13.8. The zero-order valence-electron chi connectivity index (χ0n) is 26.9. The first-order valence-electron chi connectivity index (χ1n) is 15.4. The predicted molar refractivity (Wildman–Crippen MR) is 183 cm³/mol. The lowest BCUT2D eigenvalue weighted by atomic mass is 10.0. The predicted octanol–water partition coefficient (Wildman–Crippen LogP) is 5.90. The fourth-order valence-corrected chi connectivity index (χ4v) is 6.12. The Morgan fingerprint density at radius 3 is 2.62 bits per heavy atom. The van der Waals surface area contributed by atoms with Gasteiger partial charge >= 0.3 is 6.18 Å². The van der Waals surface area contributed by atoms with Crippen LogP contribution in [-0.2, 0) is 24.5 Å². The molecule has 13 heteroatoms. The number of nitrogens with zero attached hydrogens (tertiary/aromatic N) is 5. The number of hydrogen-bond donors (Lipinski definition) is 2. The molecule has 1 fully saturated rings. The molecule has 0 radical (unpaired) electrons. The topological polar surface area (TPSA) is 88.7 Å². The summed E-state index contributed by atoms with van der Waals surface area (Å²) >= 11 is 0. The molecule has 248 valence electrons. The minimum absolute atomic E-state index is 0.0237. The van der Waals surface area contributed by atoms with Crippen molar-refractivity contribution in [1.29, 1.82) is 0 Å². The van der Waals surface area contributed by atoms with Crippen LogP contribution in [0, 0.1) is 18.8 Å². The number of carbonyl (C=O) groups excluding carboxylic acids is 1. The van der Waals surface area contributed by atoms with Crippen molar-refractivity contribution in [3.8, 4) is 11.8 Å². The molecule has 1 unspecified atom stereocenters. The third-order valence-corrected chi connectivity index (χ3v) is 8.42. The fraction of sp³-hybridized carbons (Fsp3) is 0.286. The van der Waals surface area contributed by atoms with Crippen LogP contribution < -0.4 is 15.9 Å². The van der Waals surface area contributed by atoms with E-state index in [1.54, 1.807) is 23.1 Å². The molecule has 6 rings (SSSR count). The first-order valence-corrected chi connectivity index (χ1v) is 15.9. The van der Waals surface area contributed by atoms with Gasteiger partial charge in [0.05, 0.1) is 41.5 Å². The van der Waals surface area contributed by atoms with Crippen LogP contribution in [0.2, 0.25) is 0 Å². The number of fused-ring (bicyclic) bond motifs is 1. The van der Waals surface area contributed by atoms with Gasteiger partial charge < -0.3 is 15.4 Å². The molecule has 3 aromatic heterocycles. The molecule has 1 aliphatic heterocycles. The Bertz CT molecular complexity index is 2050. The van der Waals surface area contributed by atoms with Crippen LogP contribution >= 0.6 is 9.24 Å². The lowest BCUT2D eigenvalue weighted by Crippen LogP contribution is -2.52. The summed E-state index contributed by atoms with van der Waals surface area (Å²) in [5.74, 6) is 5.76. The number of nitrogens with one attached hydrogen (secondary N) is 2. The number of likely N-dealkylation sites (tertiary alicyclic amines) is 1. The third-order valence-electron chi connectivity index (χ3n) is 7.94. The Kier molecular flexibility index (Phi) is 9.30. The first-order chi connectivity index (χ1) is 22.8. The van der Waals surface area contributed by atoms with E-state index in [-0.39, 0.29) is 35.6 Å². The Hall–Kier alpha value is -4.69. The molecule has 1 aliphatic rings. The molecule has 0 saturated carbocycles. The second-order valence-electron chi connectivity index (χ2n) is 12.1. The number of imidazole rings is 1. The number of anilines is 3. The first kappa shape index (κ1) is 33.2. The highest BCUT2D eigenvalue weighted by Crippen LogP contribution is 2.35. The van der Waals surface area contributed by atoms with Crippen molar-refractivity contribution < 1.29 is 22.7 Å². The largest absolute Gasteiger partial charge is 0.416 e. The van der Waals surface area contributed by atoms with E-state index < -0.39 is 17.6 Å². The van der Waals surface area contributed by atoms with E-state index in [0.29, 0.717) is 35.3 Å². The average molecular weight is 674 g/mol. The molecule has 1 amide bonds. The molecule has 0 aliphatic carbocycles. The Labute approximate surface area is 278 Å². The third kappa shape index (κ3) is 7.39. The molecule has 0 bridgehead atoms. The number of hydrogen-bond acceptors (Lipinski definition) is 6. The Balaban J connectivity index is 1.20. The summed E-state index contributed by atoms with van der Waals surface area (Å²) in [5.41, 5.74) is 4.08. The highest BCUT2D eigenvalue weighted by atomic mass is 31.0. The van der Waals surface area contributed by atoms with Gasteiger partial charge in [0.25, 0.3) is 5.91 Å². The van der Waals surface area contributed by atoms with Gasteiger partial charge in [-0.2, -0.15) is 18.3 Å². The van der Waals surface area contributed by atoms with Gasteiger partial charge in [-0.3, -0.25) is 18.8 Å². The number of pyridine rings is 1. The summed E-state index contributed by atoms with van der Waals surface area (Å²) in [4.78, 5) is 19.9. The number of rotatable bonds is 8. The summed E-state index contributed by atoms with van der Waals surface area (Å²) in [5, 5.41) is 10.7. The second-order valence-corrected chi connectivity index (χ2v) is 12.7. The molecule has 9 nitrogen and oxygen atoms in total. The van der Waals surface area contributed by atoms with E-state index in [4.69, 9.17) is 4.74 Å². The zero-order valence-corrected chi connectivity index (χ0v) is 28.0. The molecular formula is C35H35F3N7O2P. The molecular weight excluding hydrogens is 638 g/mol. The Morgan fingerprint density at radius 2 is 1.92 bits per heavy atom. The van der Waals surface area contributed by atoms with Crippen molar-refractivity contribution in [1.82, 2.24) is 24.1 Å². The lowest BCUT2D eigenvalue weighted by Gasteiger charge is -2.40. The highest BCUT2D eigenvalue weighted by Gasteiger charge is 2.36. The van der Waals surface area contributed by atoms with Gasteiger partial charge in [0.1, 0.15) is 5.69 Å². The van der Waals surface area contributed by atoms with Crippen LogP contribution in [0.25, 0.3) is 5.65 Å². The average Bonchev–Trinajstić information content (AvgIpc) is 3.61. The van der Waals surface area contributed by atoms with E-state index >= 15 is 0 Å². The number of halogens is 3. The van der Waals surface area contributed by atoms with Crippen LogP contribution in [0.3, 0.4) is 0 Å². The summed E-state index contributed by atoms with van der Waals surface area (Å²) in [6, 6.07) is 11.2. The Morgan fingerprint density at radius 1 is 1.12 bits per heavy atom. The SMILES string of the molecule is Cc1cc(P)c(C(=O)Nc2ccc(CN3CC(OC(C)C)C3)c(C(F)(F)F)c2)cc1C#Cc1cnc2c(Nc3cnn(C)c3)cccn12. The number of ether oxygens (including phenoxy) is 1. The van der Waals surface area contributed by atoms with Crippen LogP contribution in [0.15, 0.2) is 67.3 Å². The van der Waals surface area contributed by atoms with E-state index in [2.05, 4.69) is 41.8 Å². The van der Waals surface area contributed by atoms with Gasteiger partial charge in [-0.1, -0.05) is 18.1 Å². The second kappa shape index (κ2) is 13.4. The monoisotopic (exact) mass is 673 g/mol. The van der Waals surface area contributed by atoms with Crippen LogP contribution in [0.1, 0.15) is 52.2 Å². The zero-order chi connectivity index (χ0) is 34.2. The van der Waals surface area contributed by atoms with Gasteiger partial charge in [-0.25, -0.2) is 4.98 Å². The number of carbonyl (C=O) groups is 1. The smallest absolute Gasteiger partial charge is 0.373 e. The highest BCUT2D eigenvalue weighted by molar-refractivity contribution is 7.27. The van der Waals surface area contributed by atoms with Crippen LogP contribution in [0.5, 0.6) is 0 Å². The van der Waals surface area contributed by atoms with E-state index in [9.17, 15) is 18.0 Å². The van der Waals surface area contributed by atoms with Crippen molar-refractivity contribution in [2.45, 2.75) is 45.7 Å². The molecule has 5 aromatic rings. The summed E-state index contributed by atoms with van der Waals surface area (Å²) in [7, 11) is 4.36. The van der Waals surface area contributed by atoms with E-state index in [1.807, 2.05) is 67.7 Å². The lowest BCUT2D eigenvalue weighted by molar-refractivity contribution is -0.139. The molecule has 48 heavy (non-hydrogen) atoms. The summed E-state index contributed by atoms with van der Waals surface area (Å²) in [6.07, 6.45) is 2.62. The number of amides is 1. The molecule has 2 N–H and O–H groups in total. The maximum absolute atomic E-state index is 14.1. The summed E-state index contributed by atoms with van der Waals surface area (Å²) < 4.78 is 51.6. The van der Waals surface area contributed by atoms with Crippen molar-refractivity contribution in [3.63, 3.8) is 0 Å². The van der Waals surface area contributed by atoms with Crippen molar-refractivity contribution >= 4 is 43.2 Å². The maximum atomic E-state index is 14.1.